The van der Waals surface area contributed by atoms with Gasteiger partial charge in [-0.1, -0.05) is 46.6 Å². The average Bonchev–Trinajstić information content (AvgIpc) is 2.71. The second-order valence-electron chi connectivity index (χ2n) is 4.13. The van der Waals surface area contributed by atoms with Crippen molar-refractivity contribution < 1.29 is 0 Å². The van der Waals surface area contributed by atoms with Crippen LogP contribution in [0, 0.1) is 0 Å². The van der Waals surface area contributed by atoms with Crippen LogP contribution in [0.25, 0.3) is 0 Å². The number of rotatable bonds is 4. The molecular formula is C13H15BrClN3. The summed E-state index contributed by atoms with van der Waals surface area (Å²) in [6.45, 7) is 2.93. The van der Waals surface area contributed by atoms with Gasteiger partial charge in [0.25, 0.3) is 0 Å². The van der Waals surface area contributed by atoms with E-state index in [4.69, 9.17) is 17.3 Å². The van der Waals surface area contributed by atoms with E-state index in [0.29, 0.717) is 5.02 Å². The van der Waals surface area contributed by atoms with Gasteiger partial charge in [0, 0.05) is 11.0 Å². The summed E-state index contributed by atoms with van der Waals surface area (Å²) >= 11 is 9.60. The molecule has 0 fully saturated rings. The summed E-state index contributed by atoms with van der Waals surface area (Å²) in [4.78, 5) is 0. The van der Waals surface area contributed by atoms with E-state index in [-0.39, 0.29) is 6.04 Å². The lowest BCUT2D eigenvalue weighted by Gasteiger charge is -2.15. The summed E-state index contributed by atoms with van der Waals surface area (Å²) in [6, 6.07) is 7.69. The van der Waals surface area contributed by atoms with Crippen LogP contribution in [0.2, 0.25) is 5.02 Å². The maximum atomic E-state index is 6.28. The standard InChI is InChI=1S/C13H15BrClN3/c1-2-7-18-13(11(15)8-17-18)12(16)9-3-5-10(14)6-4-9/h3-6,8,12H,2,7,16H2,1H3. The second-order valence-corrected chi connectivity index (χ2v) is 5.45. The van der Waals surface area contributed by atoms with E-state index in [1.807, 2.05) is 28.9 Å². The zero-order valence-electron chi connectivity index (χ0n) is 10.1. The van der Waals surface area contributed by atoms with E-state index in [1.54, 1.807) is 6.20 Å². The monoisotopic (exact) mass is 327 g/mol. The topological polar surface area (TPSA) is 43.8 Å². The predicted molar refractivity (Wildman–Crippen MR) is 77.7 cm³/mol. The molecule has 3 nitrogen and oxygen atoms in total. The Morgan fingerprint density at radius 2 is 2.06 bits per heavy atom. The molecule has 2 rings (SSSR count). The Hall–Kier alpha value is -0.840. The second kappa shape index (κ2) is 5.87. The van der Waals surface area contributed by atoms with Crippen molar-refractivity contribution in [2.75, 3.05) is 0 Å². The van der Waals surface area contributed by atoms with Crippen LogP contribution in [0.5, 0.6) is 0 Å². The van der Waals surface area contributed by atoms with E-state index in [0.717, 1.165) is 28.7 Å². The quantitative estimate of drug-likeness (QED) is 0.928. The number of hydrogen-bond donors (Lipinski definition) is 1. The third kappa shape index (κ3) is 2.76. The fourth-order valence-electron chi connectivity index (χ4n) is 1.90. The van der Waals surface area contributed by atoms with Gasteiger partial charge in [-0.25, -0.2) is 0 Å². The van der Waals surface area contributed by atoms with Crippen LogP contribution in [-0.2, 0) is 6.54 Å². The molecule has 18 heavy (non-hydrogen) atoms. The van der Waals surface area contributed by atoms with Crippen molar-refractivity contribution in [3.05, 3.63) is 51.2 Å². The molecule has 0 amide bonds. The molecule has 1 unspecified atom stereocenters. The highest BCUT2D eigenvalue weighted by atomic mass is 79.9. The lowest BCUT2D eigenvalue weighted by Crippen LogP contribution is -2.18. The molecule has 0 spiro atoms. The van der Waals surface area contributed by atoms with Crippen molar-refractivity contribution in [3.8, 4) is 0 Å². The normalized spacial score (nSPS) is 12.7. The molecule has 0 saturated heterocycles. The van der Waals surface area contributed by atoms with Crippen LogP contribution in [0.4, 0.5) is 0 Å². The zero-order valence-corrected chi connectivity index (χ0v) is 12.4. The van der Waals surface area contributed by atoms with Crippen LogP contribution < -0.4 is 5.73 Å². The van der Waals surface area contributed by atoms with Gasteiger partial charge in [-0.2, -0.15) is 5.10 Å². The van der Waals surface area contributed by atoms with Gasteiger partial charge in [-0.15, -0.1) is 0 Å². The molecule has 0 aliphatic carbocycles. The Balaban J connectivity index is 2.35. The summed E-state index contributed by atoms with van der Waals surface area (Å²) in [6.07, 6.45) is 2.66. The van der Waals surface area contributed by atoms with E-state index in [1.165, 1.54) is 0 Å². The van der Waals surface area contributed by atoms with Gasteiger partial charge in [0.15, 0.2) is 0 Å². The highest BCUT2D eigenvalue weighted by Gasteiger charge is 2.18. The van der Waals surface area contributed by atoms with E-state index in [2.05, 4.69) is 28.0 Å². The van der Waals surface area contributed by atoms with Crippen molar-refractivity contribution in [1.29, 1.82) is 0 Å². The molecule has 2 aromatic rings. The molecule has 1 heterocycles. The molecule has 1 aromatic carbocycles. The Kier molecular flexibility index (Phi) is 4.43. The van der Waals surface area contributed by atoms with E-state index in [9.17, 15) is 0 Å². The molecule has 5 heteroatoms. The van der Waals surface area contributed by atoms with Crippen LogP contribution >= 0.6 is 27.5 Å². The Labute approximate surface area is 120 Å². The first kappa shape index (κ1) is 13.6. The minimum atomic E-state index is -0.250. The Morgan fingerprint density at radius 3 is 2.67 bits per heavy atom. The highest BCUT2D eigenvalue weighted by Crippen LogP contribution is 2.27. The number of hydrogen-bond acceptors (Lipinski definition) is 2. The largest absolute Gasteiger partial charge is 0.319 e. The first-order valence-electron chi connectivity index (χ1n) is 5.85. The minimum Gasteiger partial charge on any atom is -0.319 e. The van der Waals surface area contributed by atoms with Crippen molar-refractivity contribution in [3.63, 3.8) is 0 Å². The Morgan fingerprint density at radius 1 is 1.39 bits per heavy atom. The number of benzene rings is 1. The van der Waals surface area contributed by atoms with Gasteiger partial charge < -0.3 is 5.73 Å². The fraction of sp³-hybridized carbons (Fsp3) is 0.308. The summed E-state index contributed by atoms with van der Waals surface area (Å²) in [5.41, 5.74) is 8.18. The Bertz CT molecular complexity index is 522. The van der Waals surface area contributed by atoms with Crippen LogP contribution in [0.1, 0.15) is 30.6 Å². The molecule has 0 aliphatic rings. The van der Waals surface area contributed by atoms with Crippen molar-refractivity contribution >= 4 is 27.5 Å². The first-order chi connectivity index (χ1) is 8.63. The van der Waals surface area contributed by atoms with E-state index >= 15 is 0 Å². The van der Waals surface area contributed by atoms with Crippen LogP contribution in [0.15, 0.2) is 34.9 Å². The summed E-state index contributed by atoms with van der Waals surface area (Å²) in [7, 11) is 0. The third-order valence-electron chi connectivity index (χ3n) is 2.79. The number of halogens is 2. The van der Waals surface area contributed by atoms with Gasteiger partial charge in [0.05, 0.1) is 23.0 Å². The molecule has 0 bridgehead atoms. The molecule has 2 N–H and O–H groups in total. The van der Waals surface area contributed by atoms with E-state index < -0.39 is 0 Å². The highest BCUT2D eigenvalue weighted by molar-refractivity contribution is 9.10. The number of aromatic nitrogens is 2. The minimum absolute atomic E-state index is 0.250. The molecule has 1 atom stereocenters. The average molecular weight is 329 g/mol. The molecular weight excluding hydrogens is 314 g/mol. The lowest BCUT2D eigenvalue weighted by atomic mass is 10.0. The summed E-state index contributed by atoms with van der Waals surface area (Å²) in [5, 5.41) is 4.89. The van der Waals surface area contributed by atoms with Crippen molar-refractivity contribution in [2.45, 2.75) is 25.9 Å². The predicted octanol–water partition coefficient (Wildman–Crippen LogP) is 3.76. The van der Waals surface area contributed by atoms with Crippen LogP contribution in [-0.4, -0.2) is 9.78 Å². The number of nitrogens with zero attached hydrogens (tertiary/aromatic N) is 2. The fourth-order valence-corrected chi connectivity index (χ4v) is 2.42. The van der Waals surface area contributed by atoms with Gasteiger partial charge >= 0.3 is 0 Å². The molecule has 0 radical (unpaired) electrons. The molecule has 0 aliphatic heterocycles. The molecule has 1 aromatic heterocycles. The number of nitrogens with two attached hydrogens (primary N) is 1. The van der Waals surface area contributed by atoms with Crippen molar-refractivity contribution in [2.24, 2.45) is 5.73 Å². The lowest BCUT2D eigenvalue weighted by molar-refractivity contribution is 0.560. The first-order valence-corrected chi connectivity index (χ1v) is 7.02. The van der Waals surface area contributed by atoms with Crippen LogP contribution in [0.3, 0.4) is 0 Å². The van der Waals surface area contributed by atoms with Crippen molar-refractivity contribution in [1.82, 2.24) is 9.78 Å². The summed E-state index contributed by atoms with van der Waals surface area (Å²) in [5.74, 6) is 0. The smallest absolute Gasteiger partial charge is 0.0837 e. The third-order valence-corrected chi connectivity index (χ3v) is 3.61. The van der Waals surface area contributed by atoms with Gasteiger partial charge in [-0.05, 0) is 24.1 Å². The molecule has 96 valence electrons. The zero-order chi connectivity index (χ0) is 13.1. The van der Waals surface area contributed by atoms with Gasteiger partial charge in [0.2, 0.25) is 0 Å². The van der Waals surface area contributed by atoms with Gasteiger partial charge in [-0.3, -0.25) is 4.68 Å². The SMILES string of the molecule is CCCn1ncc(Cl)c1C(N)c1ccc(Br)cc1. The summed E-state index contributed by atoms with van der Waals surface area (Å²) < 4.78 is 2.92. The van der Waals surface area contributed by atoms with Gasteiger partial charge in [0.1, 0.15) is 0 Å². The maximum Gasteiger partial charge on any atom is 0.0837 e. The molecule has 0 saturated carbocycles. The maximum absolute atomic E-state index is 6.28. The number of aryl methyl sites for hydroxylation is 1.